The quantitative estimate of drug-likeness (QED) is 0.773. The zero-order chi connectivity index (χ0) is 11.7. The fourth-order valence-electron chi connectivity index (χ4n) is 1.22. The van der Waals surface area contributed by atoms with E-state index < -0.39 is 0 Å². The van der Waals surface area contributed by atoms with Crippen LogP contribution in [0, 0.1) is 6.92 Å². The van der Waals surface area contributed by atoms with Gasteiger partial charge < -0.3 is 10.5 Å². The smallest absolute Gasteiger partial charge is 0.115 e. The molecule has 0 amide bonds. The standard InChI is InChI=1S/C11H15NO.C2H6/c1-9-4-3-5-10(6-9)7-11(8-12)13-2;1-2/h3-6,8H,7,12H2,1-2H3;1-2H3/b11-8-;. The highest BCUT2D eigenvalue weighted by molar-refractivity contribution is 5.25. The first-order valence-corrected chi connectivity index (χ1v) is 5.26. The van der Waals surface area contributed by atoms with Gasteiger partial charge in [0.1, 0.15) is 5.76 Å². The molecule has 0 atom stereocenters. The lowest BCUT2D eigenvalue weighted by atomic mass is 10.1. The summed E-state index contributed by atoms with van der Waals surface area (Å²) in [6.07, 6.45) is 2.26. The van der Waals surface area contributed by atoms with Crippen molar-refractivity contribution in [2.75, 3.05) is 7.11 Å². The van der Waals surface area contributed by atoms with Gasteiger partial charge >= 0.3 is 0 Å². The number of hydrogen-bond acceptors (Lipinski definition) is 2. The van der Waals surface area contributed by atoms with Gasteiger partial charge in [-0.05, 0) is 12.5 Å². The second-order valence-electron chi connectivity index (χ2n) is 3.00. The molecule has 0 heterocycles. The minimum Gasteiger partial charge on any atom is -0.499 e. The van der Waals surface area contributed by atoms with Crippen LogP contribution in [0.25, 0.3) is 0 Å². The highest BCUT2D eigenvalue weighted by atomic mass is 16.5. The van der Waals surface area contributed by atoms with Crippen LogP contribution in [0.5, 0.6) is 0 Å². The Kier molecular flexibility index (Phi) is 7.16. The Balaban J connectivity index is 0.000000921. The third kappa shape index (κ3) is 5.11. The van der Waals surface area contributed by atoms with Crippen molar-refractivity contribution in [2.24, 2.45) is 5.73 Å². The van der Waals surface area contributed by atoms with Crippen LogP contribution in [0.2, 0.25) is 0 Å². The number of ether oxygens (including phenoxy) is 1. The fourth-order valence-corrected chi connectivity index (χ4v) is 1.22. The monoisotopic (exact) mass is 207 g/mol. The Morgan fingerprint density at radius 2 is 2.07 bits per heavy atom. The van der Waals surface area contributed by atoms with Crippen LogP contribution in [-0.2, 0) is 11.2 Å². The summed E-state index contributed by atoms with van der Waals surface area (Å²) in [6.45, 7) is 6.07. The maximum atomic E-state index is 5.38. The number of aryl methyl sites for hydroxylation is 1. The van der Waals surface area contributed by atoms with Crippen molar-refractivity contribution >= 4 is 0 Å². The van der Waals surface area contributed by atoms with Crippen molar-refractivity contribution in [1.29, 1.82) is 0 Å². The highest BCUT2D eigenvalue weighted by Gasteiger charge is 1.98. The van der Waals surface area contributed by atoms with Crippen molar-refractivity contribution in [1.82, 2.24) is 0 Å². The van der Waals surface area contributed by atoms with Gasteiger partial charge in [-0.2, -0.15) is 0 Å². The Morgan fingerprint density at radius 1 is 1.40 bits per heavy atom. The molecule has 0 saturated carbocycles. The van der Waals surface area contributed by atoms with Crippen LogP contribution in [-0.4, -0.2) is 7.11 Å². The summed E-state index contributed by atoms with van der Waals surface area (Å²) in [6, 6.07) is 8.30. The average Bonchev–Trinajstić information content (AvgIpc) is 2.29. The first kappa shape index (κ1) is 13.6. The zero-order valence-electron chi connectivity index (χ0n) is 10.1. The van der Waals surface area contributed by atoms with E-state index in [1.165, 1.54) is 17.3 Å². The van der Waals surface area contributed by atoms with E-state index in [1.54, 1.807) is 7.11 Å². The SMILES string of the molecule is CC.CO/C(=C\N)Cc1cccc(C)c1. The lowest BCUT2D eigenvalue weighted by molar-refractivity contribution is 0.282. The molecule has 0 fully saturated rings. The van der Waals surface area contributed by atoms with Gasteiger partial charge in [0.15, 0.2) is 0 Å². The molecule has 0 aliphatic rings. The predicted molar refractivity (Wildman–Crippen MR) is 65.5 cm³/mol. The Labute approximate surface area is 92.8 Å². The lowest BCUT2D eigenvalue weighted by Crippen LogP contribution is -1.96. The number of hydrogen-bond donors (Lipinski definition) is 1. The minimum atomic E-state index is 0.759. The van der Waals surface area contributed by atoms with E-state index >= 15 is 0 Å². The summed E-state index contributed by atoms with van der Waals surface area (Å²) >= 11 is 0. The molecule has 1 aromatic rings. The Hall–Kier alpha value is -1.44. The van der Waals surface area contributed by atoms with Gasteiger partial charge in [0.05, 0.1) is 7.11 Å². The number of benzene rings is 1. The largest absolute Gasteiger partial charge is 0.499 e. The van der Waals surface area contributed by atoms with Gasteiger partial charge in [0, 0.05) is 12.6 Å². The summed E-state index contributed by atoms with van der Waals surface area (Å²) in [4.78, 5) is 0. The van der Waals surface area contributed by atoms with Gasteiger partial charge in [-0.3, -0.25) is 0 Å². The number of methoxy groups -OCH3 is 1. The van der Waals surface area contributed by atoms with Gasteiger partial charge in [0.25, 0.3) is 0 Å². The second-order valence-corrected chi connectivity index (χ2v) is 3.00. The molecule has 1 aromatic carbocycles. The number of allylic oxidation sites excluding steroid dienone is 1. The molecule has 0 spiro atoms. The molecular formula is C13H21NO. The Morgan fingerprint density at radius 3 is 2.53 bits per heavy atom. The van der Waals surface area contributed by atoms with Gasteiger partial charge in [-0.1, -0.05) is 43.7 Å². The van der Waals surface area contributed by atoms with Crippen molar-refractivity contribution in [3.63, 3.8) is 0 Å². The molecule has 15 heavy (non-hydrogen) atoms. The van der Waals surface area contributed by atoms with Crippen LogP contribution in [0.3, 0.4) is 0 Å². The zero-order valence-corrected chi connectivity index (χ0v) is 10.1. The average molecular weight is 207 g/mol. The van der Waals surface area contributed by atoms with Crippen LogP contribution in [0.4, 0.5) is 0 Å². The normalized spacial score (nSPS) is 10.3. The van der Waals surface area contributed by atoms with E-state index in [4.69, 9.17) is 10.5 Å². The highest BCUT2D eigenvalue weighted by Crippen LogP contribution is 2.09. The summed E-state index contributed by atoms with van der Waals surface area (Å²) < 4.78 is 5.08. The number of nitrogens with two attached hydrogens (primary N) is 1. The molecule has 0 aromatic heterocycles. The predicted octanol–water partition coefficient (Wildman–Crippen LogP) is 3.01. The van der Waals surface area contributed by atoms with E-state index in [-0.39, 0.29) is 0 Å². The van der Waals surface area contributed by atoms with Crippen LogP contribution < -0.4 is 5.73 Å². The maximum absolute atomic E-state index is 5.38. The molecule has 0 aliphatic carbocycles. The Bertz CT molecular complexity index is 305. The van der Waals surface area contributed by atoms with Crippen LogP contribution >= 0.6 is 0 Å². The van der Waals surface area contributed by atoms with Crippen molar-refractivity contribution in [3.8, 4) is 0 Å². The second kappa shape index (κ2) is 7.92. The lowest BCUT2D eigenvalue weighted by Gasteiger charge is -2.05. The van der Waals surface area contributed by atoms with Crippen molar-refractivity contribution in [3.05, 3.63) is 47.4 Å². The van der Waals surface area contributed by atoms with E-state index in [0.717, 1.165) is 12.2 Å². The molecule has 2 N–H and O–H groups in total. The first-order chi connectivity index (χ1) is 7.26. The fraction of sp³-hybridized carbons (Fsp3) is 0.385. The molecule has 0 radical (unpaired) electrons. The summed E-state index contributed by atoms with van der Waals surface area (Å²) in [7, 11) is 1.63. The summed E-state index contributed by atoms with van der Waals surface area (Å²) in [5.74, 6) is 0.797. The van der Waals surface area contributed by atoms with E-state index in [0.29, 0.717) is 0 Å². The van der Waals surface area contributed by atoms with E-state index in [1.807, 2.05) is 19.9 Å². The van der Waals surface area contributed by atoms with Crippen molar-refractivity contribution in [2.45, 2.75) is 27.2 Å². The van der Waals surface area contributed by atoms with E-state index in [2.05, 4.69) is 25.1 Å². The topological polar surface area (TPSA) is 35.2 Å². The minimum absolute atomic E-state index is 0.759. The molecule has 2 heteroatoms. The van der Waals surface area contributed by atoms with Crippen LogP contribution in [0.1, 0.15) is 25.0 Å². The molecule has 1 rings (SSSR count). The summed E-state index contributed by atoms with van der Waals surface area (Å²) in [5.41, 5.74) is 7.86. The molecule has 0 saturated heterocycles. The van der Waals surface area contributed by atoms with Gasteiger partial charge in [-0.25, -0.2) is 0 Å². The van der Waals surface area contributed by atoms with Gasteiger partial charge in [-0.15, -0.1) is 0 Å². The molecule has 0 aliphatic heterocycles. The number of rotatable bonds is 3. The first-order valence-electron chi connectivity index (χ1n) is 5.26. The molecule has 0 unspecified atom stereocenters. The summed E-state index contributed by atoms with van der Waals surface area (Å²) in [5, 5.41) is 0. The third-order valence-electron chi connectivity index (χ3n) is 1.91. The maximum Gasteiger partial charge on any atom is 0.115 e. The van der Waals surface area contributed by atoms with Crippen LogP contribution in [0.15, 0.2) is 36.2 Å². The van der Waals surface area contributed by atoms with Gasteiger partial charge in [0.2, 0.25) is 0 Å². The molecule has 2 nitrogen and oxygen atoms in total. The molecule has 84 valence electrons. The van der Waals surface area contributed by atoms with E-state index in [9.17, 15) is 0 Å². The van der Waals surface area contributed by atoms with Crippen molar-refractivity contribution < 1.29 is 4.74 Å². The third-order valence-corrected chi connectivity index (χ3v) is 1.91. The molecule has 0 bridgehead atoms. The molecular weight excluding hydrogens is 186 g/mol.